The van der Waals surface area contributed by atoms with E-state index in [1.165, 1.54) is 41.3 Å². The fourth-order valence-corrected chi connectivity index (χ4v) is 4.47. The van der Waals surface area contributed by atoms with Gasteiger partial charge in [0.25, 0.3) is 10.0 Å². The highest BCUT2D eigenvalue weighted by molar-refractivity contribution is 7.92. The van der Waals surface area contributed by atoms with Crippen molar-refractivity contribution in [2.75, 3.05) is 17.9 Å². The molecular weight excluding hydrogens is 415 g/mol. The summed E-state index contributed by atoms with van der Waals surface area (Å²) < 4.78 is 41.1. The maximum Gasteiger partial charge on any atom is 0.264 e. The van der Waals surface area contributed by atoms with Crippen molar-refractivity contribution in [2.45, 2.75) is 25.3 Å². The predicted molar refractivity (Wildman–Crippen MR) is 120 cm³/mol. The number of sulfonamides is 1. The molecule has 5 nitrogen and oxygen atoms in total. The first-order valence-corrected chi connectivity index (χ1v) is 11.3. The molecule has 3 aromatic rings. The van der Waals surface area contributed by atoms with Crippen LogP contribution < -0.4 is 4.31 Å². The normalized spacial score (nSPS) is 11.2. The number of hydrogen-bond acceptors (Lipinski definition) is 3. The molecule has 3 aromatic carbocycles. The van der Waals surface area contributed by atoms with Gasteiger partial charge in [0.05, 0.1) is 10.6 Å². The number of hydrogen-bond donors (Lipinski definition) is 0. The summed E-state index contributed by atoms with van der Waals surface area (Å²) in [6.45, 7) is 3.79. The molecule has 1 amide bonds. The SMILES string of the molecule is Cc1ccc(CN(C)C(=O)CN(c2ccc(F)cc2)S(=O)(=O)c2ccc(C)cc2)cc1. The Hall–Kier alpha value is -3.19. The lowest BCUT2D eigenvalue weighted by atomic mass is 10.1. The van der Waals surface area contributed by atoms with Crippen LogP contribution in [0.5, 0.6) is 0 Å². The van der Waals surface area contributed by atoms with E-state index < -0.39 is 22.4 Å². The fraction of sp³-hybridized carbons (Fsp3) is 0.208. The maximum absolute atomic E-state index is 13.4. The van der Waals surface area contributed by atoms with Crippen molar-refractivity contribution in [3.8, 4) is 0 Å². The molecule has 0 radical (unpaired) electrons. The van der Waals surface area contributed by atoms with E-state index in [0.29, 0.717) is 6.54 Å². The topological polar surface area (TPSA) is 57.7 Å². The highest BCUT2D eigenvalue weighted by Crippen LogP contribution is 2.24. The average Bonchev–Trinajstić information content (AvgIpc) is 2.74. The van der Waals surface area contributed by atoms with Gasteiger partial charge >= 0.3 is 0 Å². The van der Waals surface area contributed by atoms with E-state index in [9.17, 15) is 17.6 Å². The molecule has 3 rings (SSSR count). The van der Waals surface area contributed by atoms with E-state index in [4.69, 9.17) is 0 Å². The lowest BCUT2D eigenvalue weighted by Crippen LogP contribution is -2.41. The Bertz CT molecular complexity index is 1140. The Kier molecular flexibility index (Phi) is 6.75. The Labute approximate surface area is 182 Å². The molecule has 0 aliphatic heterocycles. The number of carbonyl (C=O) groups is 1. The molecule has 7 heteroatoms. The van der Waals surface area contributed by atoms with Crippen molar-refractivity contribution in [3.63, 3.8) is 0 Å². The molecule has 0 heterocycles. The Balaban J connectivity index is 1.89. The molecular formula is C24H25FN2O3S. The molecule has 0 aliphatic rings. The van der Waals surface area contributed by atoms with Gasteiger partial charge in [-0.25, -0.2) is 12.8 Å². The summed E-state index contributed by atoms with van der Waals surface area (Å²) in [6, 6.07) is 19.2. The number of halogens is 1. The zero-order chi connectivity index (χ0) is 22.6. The van der Waals surface area contributed by atoms with Crippen LogP contribution in [0.15, 0.2) is 77.7 Å². The molecule has 0 saturated heterocycles. The lowest BCUT2D eigenvalue weighted by molar-refractivity contribution is -0.128. The summed E-state index contributed by atoms with van der Waals surface area (Å²) in [5.74, 6) is -0.861. The van der Waals surface area contributed by atoms with Crippen molar-refractivity contribution in [2.24, 2.45) is 0 Å². The number of amides is 1. The summed E-state index contributed by atoms with van der Waals surface area (Å²) >= 11 is 0. The molecule has 0 bridgehead atoms. The second-order valence-corrected chi connectivity index (χ2v) is 9.40. The largest absolute Gasteiger partial charge is 0.340 e. The molecule has 31 heavy (non-hydrogen) atoms. The van der Waals surface area contributed by atoms with E-state index in [0.717, 1.165) is 21.0 Å². The van der Waals surface area contributed by atoms with Crippen LogP contribution in [-0.4, -0.2) is 32.8 Å². The van der Waals surface area contributed by atoms with Crippen molar-refractivity contribution in [1.29, 1.82) is 0 Å². The standard InChI is InChI=1S/C24H25FN2O3S/c1-18-4-8-20(9-5-18)16-26(3)24(28)17-27(22-12-10-21(25)11-13-22)31(29,30)23-14-6-19(2)7-15-23/h4-15H,16-17H2,1-3H3. The minimum Gasteiger partial charge on any atom is -0.340 e. The number of likely N-dealkylation sites (N-methyl/N-ethyl adjacent to an activating group) is 1. The number of benzene rings is 3. The van der Waals surface area contributed by atoms with Crippen LogP contribution in [0.2, 0.25) is 0 Å². The van der Waals surface area contributed by atoms with Crippen molar-refractivity contribution in [3.05, 3.63) is 95.3 Å². The smallest absolute Gasteiger partial charge is 0.264 e. The molecule has 0 saturated carbocycles. The third-order valence-corrected chi connectivity index (χ3v) is 6.76. The highest BCUT2D eigenvalue weighted by atomic mass is 32.2. The minimum absolute atomic E-state index is 0.0661. The third kappa shape index (κ3) is 5.49. The van der Waals surface area contributed by atoms with Gasteiger partial charge in [-0.1, -0.05) is 47.5 Å². The molecule has 0 atom stereocenters. The monoisotopic (exact) mass is 440 g/mol. The number of anilines is 1. The van der Waals surface area contributed by atoms with Crippen LogP contribution in [0.1, 0.15) is 16.7 Å². The molecule has 0 aromatic heterocycles. The lowest BCUT2D eigenvalue weighted by Gasteiger charge is -2.27. The first kappa shape index (κ1) is 22.5. The minimum atomic E-state index is -4.03. The third-order valence-electron chi connectivity index (χ3n) is 4.97. The van der Waals surface area contributed by atoms with E-state index in [1.54, 1.807) is 19.2 Å². The van der Waals surface area contributed by atoms with Gasteiger partial charge < -0.3 is 4.90 Å². The summed E-state index contributed by atoms with van der Waals surface area (Å²) in [6.07, 6.45) is 0. The van der Waals surface area contributed by atoms with E-state index in [2.05, 4.69) is 0 Å². The molecule has 0 fully saturated rings. The van der Waals surface area contributed by atoms with Gasteiger partial charge in [-0.3, -0.25) is 9.10 Å². The van der Waals surface area contributed by atoms with E-state index >= 15 is 0 Å². The van der Waals surface area contributed by atoms with Crippen LogP contribution in [0.25, 0.3) is 0 Å². The maximum atomic E-state index is 13.4. The summed E-state index contributed by atoms with van der Waals surface area (Å²) in [5, 5.41) is 0. The predicted octanol–water partition coefficient (Wildman–Crippen LogP) is 4.30. The van der Waals surface area contributed by atoms with Gasteiger partial charge in [0.15, 0.2) is 0 Å². The van der Waals surface area contributed by atoms with Crippen LogP contribution in [0, 0.1) is 19.7 Å². The van der Waals surface area contributed by atoms with Crippen molar-refractivity contribution in [1.82, 2.24) is 4.90 Å². The quantitative estimate of drug-likeness (QED) is 0.551. The number of rotatable bonds is 7. The number of aryl methyl sites for hydroxylation is 2. The van der Waals surface area contributed by atoms with Gasteiger partial charge in [0.2, 0.25) is 5.91 Å². The van der Waals surface area contributed by atoms with Gasteiger partial charge in [0.1, 0.15) is 12.4 Å². The molecule has 162 valence electrons. The van der Waals surface area contributed by atoms with Crippen LogP contribution in [0.4, 0.5) is 10.1 Å². The van der Waals surface area contributed by atoms with Gasteiger partial charge in [0, 0.05) is 13.6 Å². The highest BCUT2D eigenvalue weighted by Gasteiger charge is 2.28. The van der Waals surface area contributed by atoms with Crippen LogP contribution in [-0.2, 0) is 21.4 Å². The zero-order valence-corrected chi connectivity index (χ0v) is 18.6. The first-order valence-electron chi connectivity index (χ1n) is 9.81. The van der Waals surface area contributed by atoms with E-state index in [-0.39, 0.29) is 16.5 Å². The second kappa shape index (κ2) is 9.31. The molecule has 0 N–H and O–H groups in total. The molecule has 0 aliphatic carbocycles. The Morgan fingerprint density at radius 2 is 1.35 bits per heavy atom. The Morgan fingerprint density at radius 1 is 0.839 bits per heavy atom. The summed E-state index contributed by atoms with van der Waals surface area (Å²) in [5.41, 5.74) is 3.20. The Morgan fingerprint density at radius 3 is 1.90 bits per heavy atom. The fourth-order valence-electron chi connectivity index (χ4n) is 3.06. The summed E-state index contributed by atoms with van der Waals surface area (Å²) in [4.78, 5) is 14.5. The first-order chi connectivity index (χ1) is 14.7. The van der Waals surface area contributed by atoms with Crippen molar-refractivity contribution < 1.29 is 17.6 Å². The van der Waals surface area contributed by atoms with Crippen molar-refractivity contribution >= 4 is 21.6 Å². The average molecular weight is 441 g/mol. The molecule has 0 spiro atoms. The van der Waals surface area contributed by atoms with Crippen LogP contribution >= 0.6 is 0 Å². The molecule has 0 unspecified atom stereocenters. The van der Waals surface area contributed by atoms with Crippen LogP contribution in [0.3, 0.4) is 0 Å². The van der Waals surface area contributed by atoms with Gasteiger partial charge in [-0.05, 0) is 55.8 Å². The second-order valence-electron chi connectivity index (χ2n) is 7.54. The summed E-state index contributed by atoms with van der Waals surface area (Å²) in [7, 11) is -2.40. The van der Waals surface area contributed by atoms with Gasteiger partial charge in [-0.15, -0.1) is 0 Å². The number of carbonyl (C=O) groups excluding carboxylic acids is 1. The zero-order valence-electron chi connectivity index (χ0n) is 17.7. The van der Waals surface area contributed by atoms with E-state index in [1.807, 2.05) is 38.1 Å². The number of nitrogens with zero attached hydrogens (tertiary/aromatic N) is 2. The van der Waals surface area contributed by atoms with Gasteiger partial charge in [-0.2, -0.15) is 0 Å².